The summed E-state index contributed by atoms with van der Waals surface area (Å²) in [5.41, 5.74) is 4.85. The third kappa shape index (κ3) is 21000. The van der Waals surface area contributed by atoms with E-state index in [1.165, 1.54) is 0 Å². The lowest BCUT2D eigenvalue weighted by molar-refractivity contribution is 0.381. The van der Waals surface area contributed by atoms with Gasteiger partial charge >= 0.3 is 10.4 Å². The summed E-state index contributed by atoms with van der Waals surface area (Å²) >= 11 is 3.79. The second-order valence-corrected chi connectivity index (χ2v) is 2.70. The molecule has 72 valence electrons. The fourth-order valence-electron chi connectivity index (χ4n) is 0. The van der Waals surface area contributed by atoms with Crippen LogP contribution < -0.4 is 5.73 Å². The van der Waals surface area contributed by atoms with E-state index in [0.717, 1.165) is 12.3 Å². The summed E-state index contributed by atoms with van der Waals surface area (Å²) in [6.45, 7) is 4.64. The number of hydrogen-bond donors (Lipinski definition) is 4. The zero-order valence-electron chi connectivity index (χ0n) is 6.56. The van der Waals surface area contributed by atoms with Gasteiger partial charge in [-0.25, -0.2) is 0 Å². The largest absolute Gasteiger partial charge is 0.394 e. The van der Waals surface area contributed by atoms with Gasteiger partial charge in [-0.3, -0.25) is 9.11 Å². The average molecular weight is 205 g/mol. The Labute approximate surface area is 73.0 Å². The highest BCUT2D eigenvalue weighted by molar-refractivity contribution is 7.80. The van der Waals surface area contributed by atoms with Crippen molar-refractivity contribution in [2.45, 2.75) is 13.8 Å². The minimum Gasteiger partial charge on any atom is -0.331 e. The van der Waals surface area contributed by atoms with Gasteiger partial charge in [-0.15, -0.1) is 0 Å². The maximum Gasteiger partial charge on any atom is 0.394 e. The Balaban J connectivity index is -0.0000000933. The molecule has 0 aromatic rings. The quantitative estimate of drug-likeness (QED) is 0.335. The van der Waals surface area contributed by atoms with Crippen LogP contribution in [0.25, 0.3) is 0 Å². The van der Waals surface area contributed by atoms with Gasteiger partial charge in [0.25, 0.3) is 0 Å². The molecule has 0 fully saturated rings. The number of thiol groups is 1. The van der Waals surface area contributed by atoms with Crippen molar-refractivity contribution in [3.05, 3.63) is 0 Å². The van der Waals surface area contributed by atoms with Crippen molar-refractivity contribution in [3.8, 4) is 0 Å². The fraction of sp³-hybridized carbons (Fsp3) is 1.00. The normalized spacial score (nSPS) is 8.55. The standard InChI is InChI=1S/C2H7N.C2H6S.H2O4S/c2*1-2-3;1-5(2,3)4/h2-3H2,1H3;3H,2H2,1H3;(H2,1,2,3,4). The lowest BCUT2D eigenvalue weighted by Gasteiger charge is -1.68. The van der Waals surface area contributed by atoms with Crippen LogP contribution in [-0.2, 0) is 10.4 Å². The van der Waals surface area contributed by atoms with Crippen LogP contribution in [0.5, 0.6) is 0 Å². The zero-order valence-corrected chi connectivity index (χ0v) is 8.27. The van der Waals surface area contributed by atoms with Crippen LogP contribution in [0.1, 0.15) is 13.8 Å². The molecule has 4 N–H and O–H groups in total. The third-order valence-corrected chi connectivity index (χ3v) is 0. The van der Waals surface area contributed by atoms with Crippen LogP contribution in [0.3, 0.4) is 0 Å². The predicted octanol–water partition coefficient (Wildman–Crippen LogP) is 0.248. The Kier molecular flexibility index (Phi) is 20.2. The highest BCUT2D eigenvalue weighted by atomic mass is 32.3. The van der Waals surface area contributed by atoms with E-state index < -0.39 is 10.4 Å². The molecular weight excluding hydrogens is 190 g/mol. The molecule has 0 aliphatic carbocycles. The molecule has 0 amide bonds. The van der Waals surface area contributed by atoms with Crippen LogP contribution in [0.4, 0.5) is 0 Å². The molecule has 0 unspecified atom stereocenters. The molecule has 0 heterocycles. The van der Waals surface area contributed by atoms with Crippen LogP contribution >= 0.6 is 12.6 Å². The molecule has 5 nitrogen and oxygen atoms in total. The van der Waals surface area contributed by atoms with Crippen molar-refractivity contribution in [1.29, 1.82) is 0 Å². The number of hydrogen-bond acceptors (Lipinski definition) is 4. The van der Waals surface area contributed by atoms with Gasteiger partial charge in [-0.1, -0.05) is 13.8 Å². The molecule has 0 aromatic heterocycles. The smallest absolute Gasteiger partial charge is 0.331 e. The monoisotopic (exact) mass is 205 g/mol. The molecule has 0 atom stereocenters. The lowest BCUT2D eigenvalue weighted by Crippen LogP contribution is -1.89. The number of nitrogens with two attached hydrogens (primary N) is 1. The van der Waals surface area contributed by atoms with Gasteiger partial charge in [0.1, 0.15) is 0 Å². The van der Waals surface area contributed by atoms with Gasteiger partial charge in [0.15, 0.2) is 0 Å². The van der Waals surface area contributed by atoms with Crippen molar-refractivity contribution in [2.24, 2.45) is 5.73 Å². The van der Waals surface area contributed by atoms with Crippen LogP contribution in [0.15, 0.2) is 0 Å². The van der Waals surface area contributed by atoms with E-state index in [0.29, 0.717) is 0 Å². The van der Waals surface area contributed by atoms with E-state index in [-0.39, 0.29) is 0 Å². The summed E-state index contributed by atoms with van der Waals surface area (Å²) in [5.74, 6) is 0.944. The molecule has 0 bridgehead atoms. The maximum atomic E-state index is 8.74. The second kappa shape index (κ2) is 12.8. The van der Waals surface area contributed by atoms with Crippen molar-refractivity contribution in [1.82, 2.24) is 0 Å². The van der Waals surface area contributed by atoms with E-state index in [2.05, 4.69) is 12.6 Å². The van der Waals surface area contributed by atoms with Crippen molar-refractivity contribution in [3.63, 3.8) is 0 Å². The van der Waals surface area contributed by atoms with Gasteiger partial charge in [0.05, 0.1) is 0 Å². The lowest BCUT2D eigenvalue weighted by atomic mass is 10.8. The van der Waals surface area contributed by atoms with Gasteiger partial charge in [0.2, 0.25) is 0 Å². The van der Waals surface area contributed by atoms with Crippen molar-refractivity contribution < 1.29 is 17.5 Å². The molecule has 0 rings (SSSR count). The summed E-state index contributed by atoms with van der Waals surface area (Å²) in [7, 11) is -4.67. The van der Waals surface area contributed by atoms with Crippen LogP contribution in [-0.4, -0.2) is 29.8 Å². The van der Waals surface area contributed by atoms with E-state index in [1.807, 2.05) is 13.8 Å². The Bertz CT molecular complexity index is 123. The first-order valence-corrected chi connectivity index (χ1v) is 4.87. The van der Waals surface area contributed by atoms with Crippen LogP contribution in [0.2, 0.25) is 0 Å². The van der Waals surface area contributed by atoms with Crippen molar-refractivity contribution in [2.75, 3.05) is 12.3 Å². The van der Waals surface area contributed by atoms with E-state index in [9.17, 15) is 0 Å². The second-order valence-electron chi connectivity index (χ2n) is 1.17. The van der Waals surface area contributed by atoms with Gasteiger partial charge < -0.3 is 5.73 Å². The zero-order chi connectivity index (χ0) is 9.91. The maximum absolute atomic E-state index is 8.74. The molecule has 0 aliphatic rings. The fourth-order valence-corrected chi connectivity index (χ4v) is 0. The molecular formula is C4H15NO4S2. The SMILES string of the molecule is CCN.CCS.O=S(=O)(O)O. The summed E-state index contributed by atoms with van der Waals surface area (Å²) < 4.78 is 31.6. The number of rotatable bonds is 0. The predicted molar refractivity (Wildman–Crippen MR) is 48.4 cm³/mol. The Morgan fingerprint density at radius 1 is 1.36 bits per heavy atom. The summed E-state index contributed by atoms with van der Waals surface area (Å²) in [4.78, 5) is 0. The third-order valence-electron chi connectivity index (χ3n) is 0. The topological polar surface area (TPSA) is 101 Å². The van der Waals surface area contributed by atoms with E-state index >= 15 is 0 Å². The molecule has 7 heteroatoms. The average Bonchev–Trinajstić information content (AvgIpc) is 1.62. The summed E-state index contributed by atoms with van der Waals surface area (Å²) in [6.07, 6.45) is 0. The van der Waals surface area contributed by atoms with E-state index in [4.69, 9.17) is 23.3 Å². The highest BCUT2D eigenvalue weighted by Gasteiger charge is 1.84. The Morgan fingerprint density at radius 2 is 1.36 bits per heavy atom. The Morgan fingerprint density at radius 3 is 1.36 bits per heavy atom. The first-order valence-electron chi connectivity index (χ1n) is 2.84. The molecule has 0 radical (unpaired) electrons. The molecule has 0 aromatic carbocycles. The molecule has 0 saturated carbocycles. The first kappa shape index (κ1) is 17.3. The highest BCUT2D eigenvalue weighted by Crippen LogP contribution is 1.59. The molecule has 0 aliphatic heterocycles. The van der Waals surface area contributed by atoms with Gasteiger partial charge in [-0.2, -0.15) is 21.0 Å². The van der Waals surface area contributed by atoms with Gasteiger partial charge in [0, 0.05) is 0 Å². The summed E-state index contributed by atoms with van der Waals surface area (Å²) in [6, 6.07) is 0. The molecule has 0 saturated heterocycles. The minimum atomic E-state index is -4.67. The van der Waals surface area contributed by atoms with Crippen molar-refractivity contribution >= 4 is 23.0 Å². The van der Waals surface area contributed by atoms with Gasteiger partial charge in [-0.05, 0) is 12.3 Å². The van der Waals surface area contributed by atoms with Crippen LogP contribution in [0, 0.1) is 0 Å². The van der Waals surface area contributed by atoms with E-state index in [1.54, 1.807) is 0 Å². The minimum absolute atomic E-state index is 0.750. The molecule has 0 spiro atoms. The Hall–Kier alpha value is 0.180. The first-order chi connectivity index (χ1) is 4.83. The summed E-state index contributed by atoms with van der Waals surface area (Å²) in [5, 5.41) is 0. The molecule has 11 heavy (non-hydrogen) atoms.